The lowest BCUT2D eigenvalue weighted by atomic mass is 9.89. The lowest BCUT2D eigenvalue weighted by molar-refractivity contribution is -0.154. The van der Waals surface area contributed by atoms with Gasteiger partial charge in [-0.2, -0.15) is 0 Å². The Balaban J connectivity index is 1.45. The second-order valence-electron chi connectivity index (χ2n) is 7.41. The standard InChI is InChI=1S/C21H27N3O4/c1-14(20(26)22-13-15-7-3-2-4-8-15)28-19(25)12-11-18-23-17-10-6-5-9-16(17)21(27)24-18/h5-6,9-10,14-15H,2-4,7-8,11-13H2,1H3,(H,22,26)(H,23,24,27)/t14-/m1/s1. The SMILES string of the molecule is C[C@@H](OC(=O)CCc1nc2ccccc2c(=O)[nH]1)C(=O)NCC1CCCCC1. The fourth-order valence-corrected chi connectivity index (χ4v) is 3.56. The Morgan fingerprint density at radius 2 is 2.00 bits per heavy atom. The highest BCUT2D eigenvalue weighted by molar-refractivity contribution is 5.83. The summed E-state index contributed by atoms with van der Waals surface area (Å²) in [7, 11) is 0. The number of fused-ring (bicyclic) bond motifs is 1. The highest BCUT2D eigenvalue weighted by Gasteiger charge is 2.20. The fourth-order valence-electron chi connectivity index (χ4n) is 3.56. The van der Waals surface area contributed by atoms with Crippen LogP contribution in [0.5, 0.6) is 0 Å². The summed E-state index contributed by atoms with van der Waals surface area (Å²) in [6.07, 6.45) is 5.45. The Morgan fingerprint density at radius 1 is 1.25 bits per heavy atom. The molecule has 0 saturated heterocycles. The summed E-state index contributed by atoms with van der Waals surface area (Å²) in [4.78, 5) is 43.3. The van der Waals surface area contributed by atoms with Crippen molar-refractivity contribution in [1.29, 1.82) is 0 Å². The van der Waals surface area contributed by atoms with E-state index in [0.29, 0.717) is 29.2 Å². The largest absolute Gasteiger partial charge is 0.453 e. The van der Waals surface area contributed by atoms with Crippen molar-refractivity contribution in [2.24, 2.45) is 5.92 Å². The van der Waals surface area contributed by atoms with Crippen molar-refractivity contribution in [2.45, 2.75) is 58.0 Å². The third-order valence-corrected chi connectivity index (χ3v) is 5.19. The summed E-state index contributed by atoms with van der Waals surface area (Å²) in [5.74, 6) is 0.193. The molecule has 2 aromatic rings. The Kier molecular flexibility index (Phi) is 6.79. The molecule has 2 N–H and O–H groups in total. The molecule has 0 spiro atoms. The number of hydrogen-bond donors (Lipinski definition) is 2. The van der Waals surface area contributed by atoms with Crippen molar-refractivity contribution in [3.05, 3.63) is 40.4 Å². The molecule has 28 heavy (non-hydrogen) atoms. The van der Waals surface area contributed by atoms with Crippen molar-refractivity contribution in [3.63, 3.8) is 0 Å². The van der Waals surface area contributed by atoms with E-state index in [1.165, 1.54) is 19.3 Å². The molecule has 0 bridgehead atoms. The molecule has 1 aromatic heterocycles. The number of nitrogens with one attached hydrogen (secondary N) is 2. The zero-order valence-electron chi connectivity index (χ0n) is 16.2. The number of H-pyrrole nitrogens is 1. The van der Waals surface area contributed by atoms with Gasteiger partial charge in [0.1, 0.15) is 5.82 Å². The van der Waals surface area contributed by atoms with E-state index in [0.717, 1.165) is 12.8 Å². The van der Waals surface area contributed by atoms with Crippen LogP contribution in [0.1, 0.15) is 51.3 Å². The number of aromatic amines is 1. The first-order valence-corrected chi connectivity index (χ1v) is 9.98. The normalized spacial score (nSPS) is 15.9. The molecule has 1 aliphatic rings. The molecule has 7 heteroatoms. The van der Waals surface area contributed by atoms with Gasteiger partial charge in [0.25, 0.3) is 11.5 Å². The minimum atomic E-state index is -0.834. The number of hydrogen-bond acceptors (Lipinski definition) is 5. The Bertz CT molecular complexity index is 887. The van der Waals surface area contributed by atoms with Crippen LogP contribution in [0.15, 0.2) is 29.1 Å². The Labute approximate surface area is 163 Å². The maximum atomic E-state index is 12.1. The number of rotatable bonds is 7. The van der Waals surface area contributed by atoms with Gasteiger partial charge in [-0.1, -0.05) is 31.4 Å². The molecule has 7 nitrogen and oxygen atoms in total. The van der Waals surface area contributed by atoms with Gasteiger partial charge in [-0.15, -0.1) is 0 Å². The topological polar surface area (TPSA) is 101 Å². The van der Waals surface area contributed by atoms with Gasteiger partial charge < -0.3 is 15.0 Å². The van der Waals surface area contributed by atoms with Gasteiger partial charge in [0.05, 0.1) is 17.3 Å². The molecule has 1 aromatic carbocycles. The smallest absolute Gasteiger partial charge is 0.307 e. The summed E-state index contributed by atoms with van der Waals surface area (Å²) in [6, 6.07) is 7.04. The zero-order valence-corrected chi connectivity index (χ0v) is 16.2. The van der Waals surface area contributed by atoms with E-state index >= 15 is 0 Å². The number of esters is 1. The second-order valence-corrected chi connectivity index (χ2v) is 7.41. The summed E-state index contributed by atoms with van der Waals surface area (Å²) in [6.45, 7) is 2.22. The molecule has 1 aliphatic carbocycles. The average molecular weight is 385 g/mol. The van der Waals surface area contributed by atoms with Crippen molar-refractivity contribution < 1.29 is 14.3 Å². The number of carbonyl (C=O) groups is 2. The molecule has 0 radical (unpaired) electrons. The van der Waals surface area contributed by atoms with Crippen LogP contribution in [-0.2, 0) is 20.7 Å². The average Bonchev–Trinajstić information content (AvgIpc) is 2.71. The molecule has 1 fully saturated rings. The molecule has 150 valence electrons. The first-order chi connectivity index (χ1) is 13.5. The number of aryl methyl sites for hydroxylation is 1. The van der Waals surface area contributed by atoms with Crippen molar-refractivity contribution in [3.8, 4) is 0 Å². The van der Waals surface area contributed by atoms with Gasteiger partial charge >= 0.3 is 5.97 Å². The molecular weight excluding hydrogens is 358 g/mol. The van der Waals surface area contributed by atoms with E-state index in [1.54, 1.807) is 31.2 Å². The number of ether oxygens (including phenoxy) is 1. The van der Waals surface area contributed by atoms with Gasteiger partial charge in [0, 0.05) is 13.0 Å². The summed E-state index contributed by atoms with van der Waals surface area (Å²) >= 11 is 0. The van der Waals surface area contributed by atoms with E-state index in [2.05, 4.69) is 15.3 Å². The lowest BCUT2D eigenvalue weighted by Gasteiger charge is -2.22. The third-order valence-electron chi connectivity index (χ3n) is 5.19. The molecule has 1 amide bonds. The Morgan fingerprint density at radius 3 is 2.79 bits per heavy atom. The van der Waals surface area contributed by atoms with Gasteiger partial charge in [-0.3, -0.25) is 14.4 Å². The molecule has 0 aliphatic heterocycles. The van der Waals surface area contributed by atoms with Crippen molar-refractivity contribution in [2.75, 3.05) is 6.54 Å². The lowest BCUT2D eigenvalue weighted by Crippen LogP contribution is -2.38. The van der Waals surface area contributed by atoms with Gasteiger partial charge in [0.2, 0.25) is 0 Å². The molecule has 1 saturated carbocycles. The van der Waals surface area contributed by atoms with Crippen LogP contribution in [0.4, 0.5) is 0 Å². The predicted molar refractivity (Wildman–Crippen MR) is 106 cm³/mol. The number of para-hydroxylation sites is 1. The van der Waals surface area contributed by atoms with Crippen LogP contribution in [0, 0.1) is 5.92 Å². The predicted octanol–water partition coefficient (Wildman–Crippen LogP) is 2.48. The molecule has 3 rings (SSSR count). The molecular formula is C21H27N3O4. The van der Waals surface area contributed by atoms with Gasteiger partial charge in [-0.25, -0.2) is 4.98 Å². The Hall–Kier alpha value is -2.70. The first-order valence-electron chi connectivity index (χ1n) is 9.98. The summed E-state index contributed by atoms with van der Waals surface area (Å²) < 4.78 is 5.22. The minimum absolute atomic E-state index is 0.0432. The van der Waals surface area contributed by atoms with E-state index in [4.69, 9.17) is 4.74 Å². The zero-order chi connectivity index (χ0) is 19.9. The van der Waals surface area contributed by atoms with E-state index in [1.807, 2.05) is 0 Å². The molecule has 1 heterocycles. The number of carbonyl (C=O) groups excluding carboxylic acids is 2. The van der Waals surface area contributed by atoms with E-state index in [9.17, 15) is 14.4 Å². The maximum absolute atomic E-state index is 12.1. The van der Waals surface area contributed by atoms with Crippen LogP contribution in [0.2, 0.25) is 0 Å². The van der Waals surface area contributed by atoms with Gasteiger partial charge in [0.15, 0.2) is 6.10 Å². The van der Waals surface area contributed by atoms with Crippen molar-refractivity contribution in [1.82, 2.24) is 15.3 Å². The van der Waals surface area contributed by atoms with Crippen LogP contribution in [0.3, 0.4) is 0 Å². The van der Waals surface area contributed by atoms with Crippen LogP contribution in [0.25, 0.3) is 10.9 Å². The van der Waals surface area contributed by atoms with Crippen LogP contribution >= 0.6 is 0 Å². The van der Waals surface area contributed by atoms with Crippen LogP contribution < -0.4 is 10.9 Å². The number of aromatic nitrogens is 2. The van der Waals surface area contributed by atoms with Crippen molar-refractivity contribution >= 4 is 22.8 Å². The third kappa shape index (κ3) is 5.41. The quantitative estimate of drug-likeness (QED) is 0.713. The van der Waals surface area contributed by atoms with Gasteiger partial charge in [-0.05, 0) is 37.8 Å². The monoisotopic (exact) mass is 385 g/mol. The van der Waals surface area contributed by atoms with E-state index in [-0.39, 0.29) is 24.3 Å². The number of benzene rings is 1. The first kappa shape index (κ1) is 20.0. The number of nitrogens with zero attached hydrogens (tertiary/aromatic N) is 1. The number of amides is 1. The van der Waals surface area contributed by atoms with E-state index < -0.39 is 12.1 Å². The maximum Gasteiger partial charge on any atom is 0.307 e. The highest BCUT2D eigenvalue weighted by atomic mass is 16.5. The summed E-state index contributed by atoms with van der Waals surface area (Å²) in [5.41, 5.74) is 0.356. The highest BCUT2D eigenvalue weighted by Crippen LogP contribution is 2.22. The molecule has 1 atom stereocenters. The summed E-state index contributed by atoms with van der Waals surface area (Å²) in [5, 5.41) is 3.39. The van der Waals surface area contributed by atoms with Crippen LogP contribution in [-0.4, -0.2) is 34.5 Å². The second kappa shape index (κ2) is 9.48. The molecule has 0 unspecified atom stereocenters. The fraction of sp³-hybridized carbons (Fsp3) is 0.524. The minimum Gasteiger partial charge on any atom is -0.453 e.